The lowest BCUT2D eigenvalue weighted by Crippen LogP contribution is -2.36. The highest BCUT2D eigenvalue weighted by molar-refractivity contribution is 6.54. The van der Waals surface area contributed by atoms with Gasteiger partial charge in [0, 0.05) is 49.3 Å². The average molecular weight is 615 g/mol. The van der Waals surface area contributed by atoms with Gasteiger partial charge in [-0.25, -0.2) is 0 Å². The van der Waals surface area contributed by atoms with Crippen LogP contribution in [0.4, 0.5) is 5.69 Å². The van der Waals surface area contributed by atoms with E-state index in [-0.39, 0.29) is 37.6 Å². The number of ether oxygens (including phenoxy) is 1. The van der Waals surface area contributed by atoms with Crippen molar-refractivity contribution in [2.24, 2.45) is 0 Å². The molecule has 0 bridgehead atoms. The van der Waals surface area contributed by atoms with Gasteiger partial charge in [0.25, 0.3) is 5.91 Å². The molecule has 0 N–H and O–H groups in total. The Bertz CT molecular complexity index is 1320. The molecule has 0 atom stereocenters. The normalized spacial score (nSPS) is 11.5. The summed E-state index contributed by atoms with van der Waals surface area (Å²) in [6.45, 7) is 5.37. The molecule has 3 rings (SSSR count). The number of halogens is 4. The van der Waals surface area contributed by atoms with Gasteiger partial charge in [-0.3, -0.25) is 19.4 Å². The van der Waals surface area contributed by atoms with Crippen LogP contribution in [0, 0.1) is 0 Å². The monoisotopic (exact) mass is 613 g/mol. The molecule has 0 aliphatic carbocycles. The standard InChI is InChI=1S/C27H27Cl4N3O5/c1-27(2,3)38-23(36)9-4-6-17(35)11-13-34(26(37)25(30)31)16-10-12-32-20(14-16)22-15-21(33-39-22)24-18(28)7-5-8-19(24)29/h5,7-8,10,12,14-15,25H,4,6,9,11,13H2,1-3H3. The van der Waals surface area contributed by atoms with Gasteiger partial charge in [-0.05, 0) is 51.5 Å². The molecule has 2 heterocycles. The number of anilines is 1. The molecular weight excluding hydrogens is 588 g/mol. The zero-order chi connectivity index (χ0) is 28.7. The van der Waals surface area contributed by atoms with E-state index in [4.69, 9.17) is 55.7 Å². The summed E-state index contributed by atoms with van der Waals surface area (Å²) >= 11 is 24.3. The third kappa shape index (κ3) is 8.93. The summed E-state index contributed by atoms with van der Waals surface area (Å²) in [7, 11) is 0. The van der Waals surface area contributed by atoms with Crippen molar-refractivity contribution in [3.63, 3.8) is 0 Å². The first kappa shape index (κ1) is 30.9. The van der Waals surface area contributed by atoms with E-state index < -0.39 is 16.3 Å². The van der Waals surface area contributed by atoms with Gasteiger partial charge < -0.3 is 14.2 Å². The number of pyridine rings is 1. The zero-order valence-electron chi connectivity index (χ0n) is 21.5. The van der Waals surface area contributed by atoms with E-state index in [1.165, 1.54) is 11.1 Å². The fraction of sp³-hybridized carbons (Fsp3) is 0.370. The van der Waals surface area contributed by atoms with Gasteiger partial charge >= 0.3 is 5.97 Å². The Morgan fingerprint density at radius 2 is 1.69 bits per heavy atom. The summed E-state index contributed by atoms with van der Waals surface area (Å²) in [6, 6.07) is 9.91. The van der Waals surface area contributed by atoms with Crippen LogP contribution in [0.2, 0.25) is 10.0 Å². The Morgan fingerprint density at radius 3 is 2.33 bits per heavy atom. The van der Waals surface area contributed by atoms with E-state index >= 15 is 0 Å². The van der Waals surface area contributed by atoms with Gasteiger partial charge in [-0.15, -0.1) is 0 Å². The molecule has 3 aromatic rings. The molecule has 1 aromatic carbocycles. The quantitative estimate of drug-likeness (QED) is 0.165. The maximum Gasteiger partial charge on any atom is 0.306 e. The lowest BCUT2D eigenvalue weighted by molar-refractivity contribution is -0.154. The van der Waals surface area contributed by atoms with Crippen LogP contribution in [-0.2, 0) is 19.1 Å². The van der Waals surface area contributed by atoms with E-state index in [2.05, 4.69) is 10.1 Å². The molecule has 0 aliphatic rings. The maximum atomic E-state index is 12.8. The van der Waals surface area contributed by atoms with Crippen molar-refractivity contribution in [1.29, 1.82) is 0 Å². The fourth-order valence-corrected chi connectivity index (χ4v) is 4.47. The highest BCUT2D eigenvalue weighted by atomic mass is 35.5. The van der Waals surface area contributed by atoms with Crippen molar-refractivity contribution in [1.82, 2.24) is 10.1 Å². The third-order valence-corrected chi connectivity index (χ3v) is 6.36. The first-order chi connectivity index (χ1) is 18.4. The van der Waals surface area contributed by atoms with E-state index in [1.807, 2.05) is 0 Å². The summed E-state index contributed by atoms with van der Waals surface area (Å²) in [5.41, 5.74) is 1.13. The molecule has 39 heavy (non-hydrogen) atoms. The molecule has 0 radical (unpaired) electrons. The summed E-state index contributed by atoms with van der Waals surface area (Å²) in [5.74, 6) is -0.779. The highest BCUT2D eigenvalue weighted by Gasteiger charge is 2.24. The molecule has 0 fully saturated rings. The Kier molecular flexibility index (Phi) is 10.8. The number of esters is 1. The summed E-state index contributed by atoms with van der Waals surface area (Å²) in [5, 5.41) is 4.88. The van der Waals surface area contributed by atoms with Gasteiger partial charge in [0.1, 0.15) is 22.8 Å². The van der Waals surface area contributed by atoms with E-state index in [0.717, 1.165) is 0 Å². The summed E-state index contributed by atoms with van der Waals surface area (Å²) in [6.07, 6.45) is 2.16. The number of rotatable bonds is 11. The van der Waals surface area contributed by atoms with Gasteiger partial charge in [0.05, 0.1) is 10.0 Å². The Hall–Kier alpha value is -2.65. The molecule has 0 saturated heterocycles. The minimum atomic E-state index is -1.34. The molecule has 2 aromatic heterocycles. The van der Waals surface area contributed by atoms with Gasteiger partial charge in [-0.1, -0.05) is 57.6 Å². The SMILES string of the molecule is CC(C)(C)OC(=O)CCCC(=O)CCN(C(=O)C(Cl)Cl)c1ccnc(-c2cc(-c3c(Cl)cccc3Cl)no2)c1. The second-order valence-corrected chi connectivity index (χ2v) is 11.5. The number of carbonyl (C=O) groups is 3. The Labute approximate surface area is 246 Å². The minimum Gasteiger partial charge on any atom is -0.460 e. The molecule has 1 amide bonds. The van der Waals surface area contributed by atoms with Crippen LogP contribution in [0.5, 0.6) is 0 Å². The van der Waals surface area contributed by atoms with Crippen LogP contribution in [0.3, 0.4) is 0 Å². The van der Waals surface area contributed by atoms with Crippen LogP contribution in [0.1, 0.15) is 46.5 Å². The number of nitrogens with zero attached hydrogens (tertiary/aromatic N) is 3. The van der Waals surface area contributed by atoms with Crippen LogP contribution < -0.4 is 4.90 Å². The van der Waals surface area contributed by atoms with E-state index in [1.54, 1.807) is 57.2 Å². The fourth-order valence-electron chi connectivity index (χ4n) is 3.65. The van der Waals surface area contributed by atoms with Crippen LogP contribution in [0.25, 0.3) is 22.7 Å². The highest BCUT2D eigenvalue weighted by Crippen LogP contribution is 2.36. The van der Waals surface area contributed by atoms with E-state index in [0.29, 0.717) is 44.9 Å². The average Bonchev–Trinajstić information content (AvgIpc) is 3.33. The minimum absolute atomic E-state index is 0.0282. The molecule has 0 saturated carbocycles. The number of aromatic nitrogens is 2. The Morgan fingerprint density at radius 1 is 1.00 bits per heavy atom. The number of ketones is 1. The molecule has 8 nitrogen and oxygen atoms in total. The zero-order valence-corrected chi connectivity index (χ0v) is 24.6. The number of alkyl halides is 2. The van der Waals surface area contributed by atoms with Crippen molar-refractivity contribution in [3.8, 4) is 22.7 Å². The summed E-state index contributed by atoms with van der Waals surface area (Å²) < 4.78 is 10.7. The number of hydrogen-bond donors (Lipinski definition) is 0. The Balaban J connectivity index is 1.72. The van der Waals surface area contributed by atoms with Crippen molar-refractivity contribution in [2.45, 2.75) is 56.9 Å². The molecule has 12 heteroatoms. The number of benzene rings is 1. The number of carbonyl (C=O) groups excluding carboxylic acids is 3. The lowest BCUT2D eigenvalue weighted by atomic mass is 10.1. The number of hydrogen-bond acceptors (Lipinski definition) is 7. The predicted molar refractivity (Wildman–Crippen MR) is 152 cm³/mol. The van der Waals surface area contributed by atoms with Crippen molar-refractivity contribution in [3.05, 3.63) is 52.6 Å². The van der Waals surface area contributed by atoms with Crippen molar-refractivity contribution >= 4 is 69.8 Å². The topological polar surface area (TPSA) is 103 Å². The number of Topliss-reactive ketones (excluding diaryl/α,β-unsaturated/α-hetero) is 1. The van der Waals surface area contributed by atoms with Crippen molar-refractivity contribution in [2.75, 3.05) is 11.4 Å². The predicted octanol–water partition coefficient (Wildman–Crippen LogP) is 7.32. The van der Waals surface area contributed by atoms with Crippen LogP contribution in [-0.4, -0.2) is 44.8 Å². The lowest BCUT2D eigenvalue weighted by Gasteiger charge is -2.23. The first-order valence-electron chi connectivity index (χ1n) is 12.1. The second-order valence-electron chi connectivity index (χ2n) is 9.59. The molecule has 0 spiro atoms. The molecule has 208 valence electrons. The molecule has 0 unspecified atom stereocenters. The summed E-state index contributed by atoms with van der Waals surface area (Å²) in [4.78, 5) is 41.5. The van der Waals surface area contributed by atoms with Crippen LogP contribution >= 0.6 is 46.4 Å². The first-order valence-corrected chi connectivity index (χ1v) is 13.7. The number of amides is 1. The second kappa shape index (κ2) is 13.6. The molecule has 0 aliphatic heterocycles. The van der Waals surface area contributed by atoms with E-state index in [9.17, 15) is 14.4 Å². The van der Waals surface area contributed by atoms with Gasteiger partial charge in [-0.2, -0.15) is 0 Å². The maximum absolute atomic E-state index is 12.8. The van der Waals surface area contributed by atoms with Gasteiger partial charge in [0.15, 0.2) is 10.6 Å². The van der Waals surface area contributed by atoms with Gasteiger partial charge in [0.2, 0.25) is 0 Å². The van der Waals surface area contributed by atoms with Crippen LogP contribution in [0.15, 0.2) is 47.1 Å². The molecular formula is C27H27Cl4N3O5. The van der Waals surface area contributed by atoms with Crippen molar-refractivity contribution < 1.29 is 23.6 Å². The smallest absolute Gasteiger partial charge is 0.306 e. The largest absolute Gasteiger partial charge is 0.460 e. The third-order valence-electron chi connectivity index (χ3n) is 5.36.